The van der Waals surface area contributed by atoms with E-state index in [2.05, 4.69) is 11.1 Å². The lowest BCUT2D eigenvalue weighted by atomic mass is 10.0. The molecule has 29 heavy (non-hydrogen) atoms. The van der Waals surface area contributed by atoms with Gasteiger partial charge in [0, 0.05) is 24.0 Å². The third-order valence-corrected chi connectivity index (χ3v) is 5.05. The first kappa shape index (κ1) is 18.8. The molecule has 4 aromatic rings. The molecule has 0 amide bonds. The van der Waals surface area contributed by atoms with Gasteiger partial charge in [0.15, 0.2) is 5.78 Å². The predicted octanol–water partition coefficient (Wildman–Crippen LogP) is 4.60. The van der Waals surface area contributed by atoms with Crippen molar-refractivity contribution in [1.82, 2.24) is 9.55 Å². The molecule has 0 bridgehead atoms. The van der Waals surface area contributed by atoms with E-state index in [1.807, 2.05) is 55.7 Å². The van der Waals surface area contributed by atoms with Gasteiger partial charge in [0.1, 0.15) is 5.65 Å². The Morgan fingerprint density at radius 2 is 1.69 bits per heavy atom. The molecule has 0 saturated carbocycles. The van der Waals surface area contributed by atoms with E-state index < -0.39 is 0 Å². The van der Waals surface area contributed by atoms with Gasteiger partial charge in [-0.1, -0.05) is 59.7 Å². The van der Waals surface area contributed by atoms with Crippen LogP contribution in [0.3, 0.4) is 0 Å². The Morgan fingerprint density at radius 1 is 0.931 bits per heavy atom. The Bertz CT molecular complexity index is 1280. The van der Waals surface area contributed by atoms with Crippen LogP contribution in [0.2, 0.25) is 0 Å². The number of nitrogens with zero attached hydrogens (tertiary/aromatic N) is 2. The van der Waals surface area contributed by atoms with Crippen molar-refractivity contribution in [3.05, 3.63) is 111 Å². The Balaban J connectivity index is 1.90. The molecule has 144 valence electrons. The highest BCUT2D eigenvalue weighted by atomic mass is 16.1. The molecule has 4 heteroatoms. The highest BCUT2D eigenvalue weighted by Gasteiger charge is 2.18. The maximum atomic E-state index is 13.1. The van der Waals surface area contributed by atoms with E-state index in [4.69, 9.17) is 0 Å². The molecule has 4 rings (SSSR count). The van der Waals surface area contributed by atoms with Crippen molar-refractivity contribution in [1.29, 1.82) is 0 Å². The van der Waals surface area contributed by atoms with E-state index in [0.717, 1.165) is 22.4 Å². The minimum Gasteiger partial charge on any atom is -0.327 e. The summed E-state index contributed by atoms with van der Waals surface area (Å²) in [4.78, 5) is 30.8. The highest BCUT2D eigenvalue weighted by molar-refractivity contribution is 6.10. The summed E-state index contributed by atoms with van der Waals surface area (Å²) in [5.74, 6) is -0.268. The summed E-state index contributed by atoms with van der Waals surface area (Å²) >= 11 is 0. The van der Waals surface area contributed by atoms with Crippen molar-refractivity contribution < 1.29 is 4.79 Å². The van der Waals surface area contributed by atoms with Crippen LogP contribution in [-0.2, 0) is 6.54 Å². The number of ketones is 1. The van der Waals surface area contributed by atoms with Gasteiger partial charge >= 0.3 is 0 Å². The average molecular weight is 382 g/mol. The van der Waals surface area contributed by atoms with Gasteiger partial charge in [-0.25, -0.2) is 4.98 Å². The van der Waals surface area contributed by atoms with Crippen LogP contribution in [0.25, 0.3) is 11.0 Å². The number of aryl methyl sites for hydroxylation is 3. The maximum Gasteiger partial charge on any atom is 0.202 e. The van der Waals surface area contributed by atoms with Gasteiger partial charge in [-0.05, 0) is 38.5 Å². The summed E-state index contributed by atoms with van der Waals surface area (Å²) in [5.41, 5.74) is 5.13. The number of hydrogen-bond acceptors (Lipinski definition) is 3. The van der Waals surface area contributed by atoms with Crippen LogP contribution in [0.15, 0.2) is 71.7 Å². The van der Waals surface area contributed by atoms with Gasteiger partial charge in [0.25, 0.3) is 0 Å². The van der Waals surface area contributed by atoms with Crippen LogP contribution in [0.4, 0.5) is 0 Å². The maximum absolute atomic E-state index is 13.1. The zero-order valence-corrected chi connectivity index (χ0v) is 16.8. The summed E-state index contributed by atoms with van der Waals surface area (Å²) in [5, 5.41) is 0.459. The second kappa shape index (κ2) is 7.47. The van der Waals surface area contributed by atoms with E-state index in [1.165, 1.54) is 0 Å². The number of fused-ring (bicyclic) bond motifs is 1. The fourth-order valence-corrected chi connectivity index (χ4v) is 3.51. The molecule has 0 fully saturated rings. The molecule has 2 heterocycles. The topological polar surface area (TPSA) is 52.0 Å². The summed E-state index contributed by atoms with van der Waals surface area (Å²) in [6, 6.07) is 19.0. The van der Waals surface area contributed by atoms with Gasteiger partial charge in [-0.15, -0.1) is 0 Å². The van der Waals surface area contributed by atoms with Crippen LogP contribution in [0.1, 0.15) is 38.3 Å². The number of rotatable bonds is 4. The first-order chi connectivity index (χ1) is 13.9. The van der Waals surface area contributed by atoms with Crippen molar-refractivity contribution in [3.8, 4) is 0 Å². The Labute approximate surface area is 169 Å². The molecule has 0 aliphatic rings. The lowest BCUT2D eigenvalue weighted by molar-refractivity contribution is 0.103. The third kappa shape index (κ3) is 3.74. The molecule has 2 aromatic carbocycles. The predicted molar refractivity (Wildman–Crippen MR) is 116 cm³/mol. The smallest absolute Gasteiger partial charge is 0.202 e. The lowest BCUT2D eigenvalue weighted by Crippen LogP contribution is -2.21. The fourth-order valence-electron chi connectivity index (χ4n) is 3.51. The summed E-state index contributed by atoms with van der Waals surface area (Å²) in [7, 11) is 0. The molecule has 0 aliphatic carbocycles. The van der Waals surface area contributed by atoms with Crippen LogP contribution in [-0.4, -0.2) is 15.3 Å². The number of aromatic nitrogens is 2. The van der Waals surface area contributed by atoms with E-state index in [0.29, 0.717) is 23.1 Å². The van der Waals surface area contributed by atoms with Crippen molar-refractivity contribution in [2.75, 3.05) is 0 Å². The van der Waals surface area contributed by atoms with Gasteiger partial charge in [0.2, 0.25) is 5.43 Å². The molecular weight excluding hydrogens is 360 g/mol. The first-order valence-corrected chi connectivity index (χ1v) is 9.60. The standard InChI is InChI=1S/C25H22N2O2/c1-16-7-10-20(11-8-16)23(28)22-15-27(14-19-6-4-5-17(2)13-19)25-21(24(22)29)12-9-18(3)26-25/h4-13,15H,14H2,1-3H3. The molecule has 0 radical (unpaired) electrons. The monoisotopic (exact) mass is 382 g/mol. The molecule has 0 atom stereocenters. The number of benzene rings is 2. The van der Waals surface area contributed by atoms with Gasteiger partial charge in [0.05, 0.1) is 10.9 Å². The van der Waals surface area contributed by atoms with E-state index in [1.54, 1.807) is 30.5 Å². The van der Waals surface area contributed by atoms with Crippen molar-refractivity contribution >= 4 is 16.8 Å². The SMILES string of the molecule is Cc1ccc(C(=O)c2cn(Cc3cccc(C)c3)c3nc(C)ccc3c2=O)cc1. The van der Waals surface area contributed by atoms with E-state index >= 15 is 0 Å². The number of carbonyl (C=O) groups is 1. The van der Waals surface area contributed by atoms with Gasteiger partial charge in [-0.3, -0.25) is 9.59 Å². The molecular formula is C25H22N2O2. The summed E-state index contributed by atoms with van der Waals surface area (Å²) in [6.45, 7) is 6.43. The normalized spacial score (nSPS) is 11.0. The second-order valence-corrected chi connectivity index (χ2v) is 7.51. The highest BCUT2D eigenvalue weighted by Crippen LogP contribution is 2.16. The number of hydrogen-bond donors (Lipinski definition) is 0. The third-order valence-electron chi connectivity index (χ3n) is 5.05. The zero-order chi connectivity index (χ0) is 20.5. The van der Waals surface area contributed by atoms with Crippen molar-refractivity contribution in [2.45, 2.75) is 27.3 Å². The largest absolute Gasteiger partial charge is 0.327 e. The Hall–Kier alpha value is -3.53. The van der Waals surface area contributed by atoms with Crippen molar-refractivity contribution in [2.24, 2.45) is 0 Å². The molecule has 2 aromatic heterocycles. The molecule has 0 spiro atoms. The van der Waals surface area contributed by atoms with Gasteiger partial charge < -0.3 is 4.57 Å². The van der Waals surface area contributed by atoms with Crippen LogP contribution in [0.5, 0.6) is 0 Å². The lowest BCUT2D eigenvalue weighted by Gasteiger charge is -2.13. The number of carbonyl (C=O) groups excluding carboxylic acids is 1. The molecule has 0 saturated heterocycles. The summed E-state index contributed by atoms with van der Waals surface area (Å²) < 4.78 is 1.90. The molecule has 0 aliphatic heterocycles. The minimum atomic E-state index is -0.279. The fraction of sp³-hybridized carbons (Fsp3) is 0.160. The first-order valence-electron chi connectivity index (χ1n) is 9.60. The van der Waals surface area contributed by atoms with Crippen LogP contribution >= 0.6 is 0 Å². The van der Waals surface area contributed by atoms with E-state index in [-0.39, 0.29) is 16.8 Å². The van der Waals surface area contributed by atoms with Crippen molar-refractivity contribution in [3.63, 3.8) is 0 Å². The minimum absolute atomic E-state index is 0.166. The summed E-state index contributed by atoms with van der Waals surface area (Å²) in [6.07, 6.45) is 1.65. The number of pyridine rings is 2. The van der Waals surface area contributed by atoms with Crippen LogP contribution < -0.4 is 5.43 Å². The quantitative estimate of drug-likeness (QED) is 0.485. The van der Waals surface area contributed by atoms with E-state index in [9.17, 15) is 9.59 Å². The Kier molecular flexibility index (Phi) is 4.85. The molecule has 4 nitrogen and oxygen atoms in total. The second-order valence-electron chi connectivity index (χ2n) is 7.51. The Morgan fingerprint density at radius 3 is 2.41 bits per heavy atom. The average Bonchev–Trinajstić information content (AvgIpc) is 2.70. The molecule has 0 unspecified atom stereocenters. The van der Waals surface area contributed by atoms with Crippen LogP contribution in [0, 0.1) is 20.8 Å². The molecule has 0 N–H and O–H groups in total. The van der Waals surface area contributed by atoms with Gasteiger partial charge in [-0.2, -0.15) is 0 Å². The zero-order valence-electron chi connectivity index (χ0n) is 16.8.